The minimum absolute atomic E-state index is 0.474. The molecule has 1 fully saturated rings. The van der Waals surface area contributed by atoms with Crippen molar-refractivity contribution in [1.29, 1.82) is 0 Å². The molecule has 0 atom stereocenters. The predicted molar refractivity (Wildman–Crippen MR) is 67.2 cm³/mol. The second kappa shape index (κ2) is 4.32. The Morgan fingerprint density at radius 3 is 2.71 bits per heavy atom. The summed E-state index contributed by atoms with van der Waals surface area (Å²) < 4.78 is 2.07. The summed E-state index contributed by atoms with van der Waals surface area (Å²) in [5.74, 6) is 0. The summed E-state index contributed by atoms with van der Waals surface area (Å²) >= 11 is 0. The second-order valence-electron chi connectivity index (χ2n) is 4.76. The number of fused-ring (bicyclic) bond motifs is 1. The molecule has 0 amide bonds. The zero-order valence-electron chi connectivity index (χ0n) is 9.80. The van der Waals surface area contributed by atoms with Crippen LogP contribution >= 0.6 is 0 Å². The third-order valence-electron chi connectivity index (χ3n) is 3.67. The molecule has 3 heteroatoms. The van der Waals surface area contributed by atoms with Gasteiger partial charge in [-0.15, -0.1) is 0 Å². The molecule has 88 valence electrons. The van der Waals surface area contributed by atoms with Gasteiger partial charge < -0.3 is 0 Å². The van der Waals surface area contributed by atoms with Crippen LogP contribution in [-0.2, 0) is 0 Å². The molecule has 3 nitrogen and oxygen atoms in total. The van der Waals surface area contributed by atoms with Gasteiger partial charge in [-0.05, 0) is 18.9 Å². The van der Waals surface area contributed by atoms with Gasteiger partial charge in [-0.3, -0.25) is 9.48 Å². The lowest BCUT2D eigenvalue weighted by molar-refractivity contribution is 0.111. The number of rotatable bonds is 2. The Morgan fingerprint density at radius 1 is 1.18 bits per heavy atom. The van der Waals surface area contributed by atoms with E-state index in [4.69, 9.17) is 0 Å². The molecule has 1 aromatic heterocycles. The number of carbonyl (C=O) groups excluding carboxylic acids is 1. The molecule has 0 spiro atoms. The molecule has 0 radical (unpaired) electrons. The number of aldehydes is 1. The van der Waals surface area contributed by atoms with Gasteiger partial charge in [-0.1, -0.05) is 37.5 Å². The lowest BCUT2D eigenvalue weighted by Crippen LogP contribution is -2.14. The fourth-order valence-corrected chi connectivity index (χ4v) is 2.80. The van der Waals surface area contributed by atoms with Crippen molar-refractivity contribution in [3.05, 3.63) is 30.0 Å². The standard InChI is InChI=1S/C14H16N2O/c17-10-13-12-8-4-5-9-14(12)16(15-13)11-6-2-1-3-7-11/h4-5,8-11H,1-3,6-7H2. The predicted octanol–water partition coefficient (Wildman–Crippen LogP) is 3.35. The maximum atomic E-state index is 11.0. The third kappa shape index (κ3) is 1.75. The van der Waals surface area contributed by atoms with Gasteiger partial charge in [0, 0.05) is 5.39 Å². The summed E-state index contributed by atoms with van der Waals surface area (Å²) in [5, 5.41) is 5.46. The van der Waals surface area contributed by atoms with Crippen LogP contribution in [0.1, 0.15) is 48.6 Å². The van der Waals surface area contributed by atoms with Gasteiger partial charge in [0.2, 0.25) is 0 Å². The highest BCUT2D eigenvalue weighted by atomic mass is 16.1. The van der Waals surface area contributed by atoms with Crippen molar-refractivity contribution in [2.45, 2.75) is 38.1 Å². The number of nitrogens with zero attached hydrogens (tertiary/aromatic N) is 2. The first-order chi connectivity index (χ1) is 8.40. The average molecular weight is 228 g/mol. The molecule has 0 aliphatic heterocycles. The molecule has 0 N–H and O–H groups in total. The summed E-state index contributed by atoms with van der Waals surface area (Å²) in [6.07, 6.45) is 7.11. The van der Waals surface area contributed by atoms with Crippen LogP contribution in [0, 0.1) is 0 Å². The van der Waals surface area contributed by atoms with E-state index in [-0.39, 0.29) is 0 Å². The maximum absolute atomic E-state index is 11.0. The van der Waals surface area contributed by atoms with E-state index in [0.29, 0.717) is 11.7 Å². The van der Waals surface area contributed by atoms with E-state index in [1.165, 1.54) is 32.1 Å². The van der Waals surface area contributed by atoms with Gasteiger partial charge in [0.05, 0.1) is 11.6 Å². The lowest BCUT2D eigenvalue weighted by Gasteiger charge is -2.22. The molecule has 1 aromatic carbocycles. The van der Waals surface area contributed by atoms with Crippen LogP contribution in [0.3, 0.4) is 0 Å². The van der Waals surface area contributed by atoms with E-state index < -0.39 is 0 Å². The van der Waals surface area contributed by atoms with Crippen LogP contribution < -0.4 is 0 Å². The minimum Gasteiger partial charge on any atom is -0.296 e. The van der Waals surface area contributed by atoms with Crippen molar-refractivity contribution in [2.24, 2.45) is 0 Å². The first-order valence-electron chi connectivity index (χ1n) is 6.32. The van der Waals surface area contributed by atoms with Crippen molar-refractivity contribution in [2.75, 3.05) is 0 Å². The average Bonchev–Trinajstić information content (AvgIpc) is 2.78. The van der Waals surface area contributed by atoms with Crippen LogP contribution in [0.5, 0.6) is 0 Å². The summed E-state index contributed by atoms with van der Waals surface area (Å²) in [6.45, 7) is 0. The summed E-state index contributed by atoms with van der Waals surface area (Å²) in [5.41, 5.74) is 1.67. The first kappa shape index (κ1) is 10.5. The van der Waals surface area contributed by atoms with E-state index in [1.54, 1.807) is 0 Å². The fraction of sp³-hybridized carbons (Fsp3) is 0.429. The van der Waals surface area contributed by atoms with Gasteiger partial charge in [0.15, 0.2) is 6.29 Å². The smallest absolute Gasteiger partial charge is 0.170 e. The number of benzene rings is 1. The van der Waals surface area contributed by atoms with Gasteiger partial charge >= 0.3 is 0 Å². The van der Waals surface area contributed by atoms with Crippen molar-refractivity contribution < 1.29 is 4.79 Å². The Morgan fingerprint density at radius 2 is 1.94 bits per heavy atom. The van der Waals surface area contributed by atoms with E-state index in [9.17, 15) is 4.79 Å². The summed E-state index contributed by atoms with van der Waals surface area (Å²) in [4.78, 5) is 11.0. The number of hydrogen-bond donors (Lipinski definition) is 0. The molecule has 1 heterocycles. The fourth-order valence-electron chi connectivity index (χ4n) is 2.80. The van der Waals surface area contributed by atoms with Crippen molar-refractivity contribution in [3.63, 3.8) is 0 Å². The van der Waals surface area contributed by atoms with E-state index >= 15 is 0 Å². The summed E-state index contributed by atoms with van der Waals surface area (Å²) in [6, 6.07) is 8.48. The molecular weight excluding hydrogens is 212 g/mol. The molecule has 0 saturated heterocycles. The van der Waals surface area contributed by atoms with E-state index in [2.05, 4.69) is 15.8 Å². The number of aromatic nitrogens is 2. The Hall–Kier alpha value is -1.64. The molecule has 17 heavy (non-hydrogen) atoms. The second-order valence-corrected chi connectivity index (χ2v) is 4.76. The highest BCUT2D eigenvalue weighted by Crippen LogP contribution is 2.31. The SMILES string of the molecule is O=Cc1nn(C2CCCCC2)c2ccccc12. The number of para-hydroxylation sites is 1. The van der Waals surface area contributed by atoms with Crippen LogP contribution in [0.25, 0.3) is 10.9 Å². The molecule has 0 bridgehead atoms. The Bertz CT molecular complexity index is 538. The van der Waals surface area contributed by atoms with E-state index in [1.807, 2.05) is 18.2 Å². The largest absolute Gasteiger partial charge is 0.296 e. The Balaban J connectivity index is 2.11. The van der Waals surface area contributed by atoms with Gasteiger partial charge in [0.1, 0.15) is 5.69 Å². The van der Waals surface area contributed by atoms with Crippen molar-refractivity contribution in [1.82, 2.24) is 9.78 Å². The molecular formula is C14H16N2O. The molecule has 0 unspecified atom stereocenters. The lowest BCUT2D eigenvalue weighted by atomic mass is 9.95. The van der Waals surface area contributed by atoms with Crippen molar-refractivity contribution in [3.8, 4) is 0 Å². The number of hydrogen-bond acceptors (Lipinski definition) is 2. The highest BCUT2D eigenvalue weighted by Gasteiger charge is 2.19. The van der Waals surface area contributed by atoms with Crippen LogP contribution in [0.4, 0.5) is 0 Å². The molecule has 1 aliphatic carbocycles. The monoisotopic (exact) mass is 228 g/mol. The molecule has 1 aliphatic rings. The molecule has 3 rings (SSSR count). The topological polar surface area (TPSA) is 34.9 Å². The maximum Gasteiger partial charge on any atom is 0.170 e. The molecule has 2 aromatic rings. The van der Waals surface area contributed by atoms with Gasteiger partial charge in [-0.25, -0.2) is 0 Å². The Kier molecular flexibility index (Phi) is 2.67. The van der Waals surface area contributed by atoms with E-state index in [0.717, 1.165) is 17.2 Å². The Labute approximate surface area is 100 Å². The van der Waals surface area contributed by atoms with Gasteiger partial charge in [-0.2, -0.15) is 5.10 Å². The molecule has 1 saturated carbocycles. The highest BCUT2D eigenvalue weighted by molar-refractivity contribution is 5.95. The van der Waals surface area contributed by atoms with Crippen molar-refractivity contribution >= 4 is 17.2 Å². The van der Waals surface area contributed by atoms with Crippen LogP contribution in [0.15, 0.2) is 24.3 Å². The first-order valence-corrected chi connectivity index (χ1v) is 6.32. The minimum atomic E-state index is 0.474. The van der Waals surface area contributed by atoms with Crippen LogP contribution in [-0.4, -0.2) is 16.1 Å². The summed E-state index contributed by atoms with van der Waals surface area (Å²) in [7, 11) is 0. The zero-order chi connectivity index (χ0) is 11.7. The van der Waals surface area contributed by atoms with Gasteiger partial charge in [0.25, 0.3) is 0 Å². The number of carbonyl (C=O) groups is 1. The normalized spacial score (nSPS) is 17.4. The third-order valence-corrected chi connectivity index (χ3v) is 3.67. The quantitative estimate of drug-likeness (QED) is 0.739. The van der Waals surface area contributed by atoms with Crippen LogP contribution in [0.2, 0.25) is 0 Å². The zero-order valence-corrected chi connectivity index (χ0v) is 9.80.